The zero-order chi connectivity index (χ0) is 11.4. The van der Waals surface area contributed by atoms with Gasteiger partial charge in [0, 0.05) is 6.04 Å². The molecule has 0 saturated carbocycles. The van der Waals surface area contributed by atoms with Gasteiger partial charge in [-0.25, -0.2) is 4.98 Å². The van der Waals surface area contributed by atoms with E-state index in [9.17, 15) is 0 Å². The third kappa shape index (κ3) is 2.64. The van der Waals surface area contributed by atoms with Crippen LogP contribution in [0.15, 0.2) is 36.5 Å². The lowest BCUT2D eigenvalue weighted by Gasteiger charge is -2.13. The number of aromatic amines is 1. The van der Waals surface area contributed by atoms with Gasteiger partial charge in [-0.1, -0.05) is 30.3 Å². The van der Waals surface area contributed by atoms with E-state index in [1.807, 2.05) is 18.2 Å². The van der Waals surface area contributed by atoms with Crippen molar-refractivity contribution in [2.75, 3.05) is 5.32 Å². The average molecular weight is 232 g/mol. The molecule has 0 radical (unpaired) electrons. The molecule has 0 aliphatic heterocycles. The summed E-state index contributed by atoms with van der Waals surface area (Å²) in [6, 6.07) is 10.3. The lowest BCUT2D eigenvalue weighted by Crippen LogP contribution is -2.08. The Morgan fingerprint density at radius 3 is 2.75 bits per heavy atom. The summed E-state index contributed by atoms with van der Waals surface area (Å²) in [4.78, 5) is 4.12. The number of nitrogens with one attached hydrogen (secondary N) is 2. The maximum atomic E-state index is 4.90. The van der Waals surface area contributed by atoms with Gasteiger partial charge < -0.3 is 5.32 Å². The smallest absolute Gasteiger partial charge is 0.215 e. The van der Waals surface area contributed by atoms with Crippen LogP contribution < -0.4 is 5.32 Å². The number of H-pyrrole nitrogens is 1. The molecule has 1 heterocycles. The zero-order valence-corrected chi connectivity index (χ0v) is 9.66. The molecule has 2 aromatic rings. The lowest BCUT2D eigenvalue weighted by atomic mass is 10.1. The van der Waals surface area contributed by atoms with Crippen molar-refractivity contribution in [1.29, 1.82) is 0 Å². The number of aromatic nitrogens is 3. The van der Waals surface area contributed by atoms with Gasteiger partial charge in [-0.2, -0.15) is 5.10 Å². The Morgan fingerprint density at radius 1 is 1.31 bits per heavy atom. The number of anilines is 1. The van der Waals surface area contributed by atoms with E-state index in [4.69, 9.17) is 12.2 Å². The SMILES string of the molecule is CC(Nc1cn[nH]c(=S)n1)c1ccccc1. The summed E-state index contributed by atoms with van der Waals surface area (Å²) in [5.74, 6) is 0.681. The first kappa shape index (κ1) is 10.8. The van der Waals surface area contributed by atoms with Crippen molar-refractivity contribution in [3.8, 4) is 0 Å². The predicted molar refractivity (Wildman–Crippen MR) is 65.7 cm³/mol. The second-order valence-electron chi connectivity index (χ2n) is 3.45. The molecular weight excluding hydrogens is 220 g/mol. The van der Waals surface area contributed by atoms with Crippen molar-refractivity contribution in [1.82, 2.24) is 15.2 Å². The number of nitrogens with zero attached hydrogens (tertiary/aromatic N) is 2. The monoisotopic (exact) mass is 232 g/mol. The molecule has 4 nitrogen and oxygen atoms in total. The van der Waals surface area contributed by atoms with Crippen LogP contribution in [0.3, 0.4) is 0 Å². The van der Waals surface area contributed by atoms with Crippen molar-refractivity contribution in [2.24, 2.45) is 0 Å². The van der Waals surface area contributed by atoms with Gasteiger partial charge in [0.2, 0.25) is 4.77 Å². The van der Waals surface area contributed by atoms with Crippen LogP contribution in [0.25, 0.3) is 0 Å². The molecular formula is C11H12N4S. The molecule has 0 saturated heterocycles. The fourth-order valence-corrected chi connectivity index (χ4v) is 1.58. The number of hydrogen-bond donors (Lipinski definition) is 2. The highest BCUT2D eigenvalue weighted by atomic mass is 32.1. The molecule has 82 valence electrons. The normalized spacial score (nSPS) is 12.1. The van der Waals surface area contributed by atoms with Crippen LogP contribution in [0.2, 0.25) is 0 Å². The van der Waals surface area contributed by atoms with Gasteiger partial charge in [-0.05, 0) is 24.7 Å². The lowest BCUT2D eigenvalue weighted by molar-refractivity contribution is 0.854. The van der Waals surface area contributed by atoms with Gasteiger partial charge in [0.25, 0.3) is 0 Å². The van der Waals surface area contributed by atoms with E-state index in [1.54, 1.807) is 6.20 Å². The molecule has 1 aromatic carbocycles. The average Bonchev–Trinajstić information content (AvgIpc) is 2.30. The minimum Gasteiger partial charge on any atom is -0.362 e. The van der Waals surface area contributed by atoms with Gasteiger partial charge in [0.1, 0.15) is 5.82 Å². The fourth-order valence-electron chi connectivity index (χ4n) is 1.43. The first-order chi connectivity index (χ1) is 7.75. The van der Waals surface area contributed by atoms with Crippen molar-refractivity contribution in [3.05, 3.63) is 46.9 Å². The van der Waals surface area contributed by atoms with E-state index in [-0.39, 0.29) is 6.04 Å². The molecule has 5 heteroatoms. The molecule has 1 atom stereocenters. The number of rotatable bonds is 3. The molecule has 0 amide bonds. The second kappa shape index (κ2) is 4.85. The van der Waals surface area contributed by atoms with Gasteiger partial charge in [-0.3, -0.25) is 5.10 Å². The minimum absolute atomic E-state index is 0.173. The quantitative estimate of drug-likeness (QED) is 0.799. The highest BCUT2D eigenvalue weighted by Gasteiger charge is 2.04. The third-order valence-corrected chi connectivity index (χ3v) is 2.42. The van der Waals surface area contributed by atoms with Crippen molar-refractivity contribution in [3.63, 3.8) is 0 Å². The molecule has 0 spiro atoms. The Kier molecular flexibility index (Phi) is 3.26. The van der Waals surface area contributed by atoms with Crippen molar-refractivity contribution < 1.29 is 0 Å². The molecule has 0 aliphatic rings. The van der Waals surface area contributed by atoms with Crippen LogP contribution in [0.5, 0.6) is 0 Å². The van der Waals surface area contributed by atoms with E-state index in [1.165, 1.54) is 5.56 Å². The summed E-state index contributed by atoms with van der Waals surface area (Å²) in [6.45, 7) is 2.07. The zero-order valence-electron chi connectivity index (χ0n) is 8.84. The van der Waals surface area contributed by atoms with E-state index >= 15 is 0 Å². The van der Waals surface area contributed by atoms with Crippen LogP contribution >= 0.6 is 12.2 Å². The van der Waals surface area contributed by atoms with Crippen LogP contribution in [0.4, 0.5) is 5.82 Å². The van der Waals surface area contributed by atoms with E-state index in [0.717, 1.165) is 0 Å². The van der Waals surface area contributed by atoms with Crippen molar-refractivity contribution >= 4 is 18.0 Å². The summed E-state index contributed by atoms with van der Waals surface area (Å²) >= 11 is 4.90. The van der Waals surface area contributed by atoms with Gasteiger partial charge in [0.05, 0.1) is 6.20 Å². The summed E-state index contributed by atoms with van der Waals surface area (Å²) in [5, 5.41) is 9.71. The van der Waals surface area contributed by atoms with Crippen LogP contribution in [-0.4, -0.2) is 15.2 Å². The van der Waals surface area contributed by atoms with Gasteiger partial charge in [-0.15, -0.1) is 0 Å². The molecule has 2 N–H and O–H groups in total. The Balaban J connectivity index is 2.14. The highest BCUT2D eigenvalue weighted by Crippen LogP contribution is 2.15. The molecule has 1 unspecified atom stereocenters. The summed E-state index contributed by atoms with van der Waals surface area (Å²) in [6.07, 6.45) is 1.62. The Hall–Kier alpha value is -1.75. The molecule has 0 bridgehead atoms. The first-order valence-electron chi connectivity index (χ1n) is 4.99. The van der Waals surface area contributed by atoms with E-state index in [2.05, 4.69) is 39.6 Å². The van der Waals surface area contributed by atoms with Crippen LogP contribution in [0, 0.1) is 4.77 Å². The summed E-state index contributed by atoms with van der Waals surface area (Å²) in [5.41, 5.74) is 1.20. The topological polar surface area (TPSA) is 53.6 Å². The highest BCUT2D eigenvalue weighted by molar-refractivity contribution is 7.71. The van der Waals surface area contributed by atoms with Gasteiger partial charge in [0.15, 0.2) is 0 Å². The van der Waals surface area contributed by atoms with Crippen LogP contribution in [0.1, 0.15) is 18.5 Å². The summed E-state index contributed by atoms with van der Waals surface area (Å²) < 4.78 is 0.380. The second-order valence-corrected chi connectivity index (χ2v) is 3.84. The minimum atomic E-state index is 0.173. The number of hydrogen-bond acceptors (Lipinski definition) is 4. The van der Waals surface area contributed by atoms with Gasteiger partial charge >= 0.3 is 0 Å². The molecule has 2 rings (SSSR count). The molecule has 1 aromatic heterocycles. The third-order valence-electron chi connectivity index (χ3n) is 2.23. The molecule has 0 fully saturated rings. The number of benzene rings is 1. The van der Waals surface area contributed by atoms with E-state index in [0.29, 0.717) is 10.6 Å². The fraction of sp³-hybridized carbons (Fsp3) is 0.182. The Bertz CT molecular complexity index is 509. The predicted octanol–water partition coefficient (Wildman–Crippen LogP) is 2.71. The maximum Gasteiger partial charge on any atom is 0.215 e. The molecule has 0 aliphatic carbocycles. The summed E-state index contributed by atoms with van der Waals surface area (Å²) in [7, 11) is 0. The first-order valence-corrected chi connectivity index (χ1v) is 5.40. The largest absolute Gasteiger partial charge is 0.362 e. The van der Waals surface area contributed by atoms with Crippen molar-refractivity contribution in [2.45, 2.75) is 13.0 Å². The molecule has 16 heavy (non-hydrogen) atoms. The van der Waals surface area contributed by atoms with E-state index < -0.39 is 0 Å². The van der Waals surface area contributed by atoms with Crippen LogP contribution in [-0.2, 0) is 0 Å². The Labute approximate surface area is 98.8 Å². The standard InChI is InChI=1S/C11H12N4S/c1-8(9-5-3-2-4-6-9)13-10-7-12-15-11(16)14-10/h2-8H,1H3,(H2,13,14,15,16). The maximum absolute atomic E-state index is 4.90. The Morgan fingerprint density at radius 2 is 2.06 bits per heavy atom.